The lowest BCUT2D eigenvalue weighted by atomic mass is 10.1. The maximum absolute atomic E-state index is 11.1. The Labute approximate surface area is 104 Å². The number of carboxylic acids is 1. The quantitative estimate of drug-likeness (QED) is 0.833. The molecule has 1 aromatic rings. The fraction of sp³-hybridized carbons (Fsp3) is 0.273. The first-order valence-electron chi connectivity index (χ1n) is 5.02. The highest BCUT2D eigenvalue weighted by molar-refractivity contribution is 6.34. The van der Waals surface area contributed by atoms with Crippen LogP contribution in [0.5, 0.6) is 0 Å². The number of likely N-dealkylation sites (N-methyl/N-ethyl adjacent to an activating group) is 1. The monoisotopic (exact) mass is 256 g/mol. The van der Waals surface area contributed by atoms with Crippen molar-refractivity contribution < 1.29 is 14.7 Å². The molecule has 0 atom stereocenters. The first-order chi connectivity index (χ1) is 7.97. The first-order valence-corrected chi connectivity index (χ1v) is 5.40. The minimum absolute atomic E-state index is 0.0561. The number of hydrogen-bond acceptors (Lipinski definition) is 3. The van der Waals surface area contributed by atoms with Crippen LogP contribution in [0.2, 0.25) is 5.02 Å². The van der Waals surface area contributed by atoms with Crippen LogP contribution in [0.15, 0.2) is 18.2 Å². The van der Waals surface area contributed by atoms with Crippen molar-refractivity contribution >= 4 is 29.2 Å². The van der Waals surface area contributed by atoms with E-state index in [0.717, 1.165) is 0 Å². The number of benzene rings is 1. The molecule has 0 aromatic heterocycles. The molecule has 5 nitrogen and oxygen atoms in total. The number of para-hydroxylation sites is 1. The summed E-state index contributed by atoms with van der Waals surface area (Å²) < 4.78 is 0. The van der Waals surface area contributed by atoms with Crippen molar-refractivity contribution in [3.63, 3.8) is 0 Å². The van der Waals surface area contributed by atoms with Gasteiger partial charge in [-0.05, 0) is 19.1 Å². The minimum Gasteiger partial charge on any atom is -0.478 e. The molecule has 0 saturated carbocycles. The Kier molecular flexibility index (Phi) is 4.34. The van der Waals surface area contributed by atoms with Gasteiger partial charge in [0.15, 0.2) is 0 Å². The molecule has 0 saturated heterocycles. The summed E-state index contributed by atoms with van der Waals surface area (Å²) in [6.07, 6.45) is 0. The molecule has 3 N–H and O–H groups in total. The van der Waals surface area contributed by atoms with E-state index in [2.05, 4.69) is 0 Å². The van der Waals surface area contributed by atoms with Gasteiger partial charge in [0.05, 0.1) is 22.8 Å². The summed E-state index contributed by atoms with van der Waals surface area (Å²) in [6, 6.07) is 4.56. The van der Waals surface area contributed by atoms with E-state index in [-0.39, 0.29) is 17.1 Å². The predicted octanol–water partition coefficient (Wildman–Crippen LogP) is 1.35. The average molecular weight is 257 g/mol. The number of halogens is 1. The van der Waals surface area contributed by atoms with Crippen LogP contribution < -0.4 is 10.6 Å². The van der Waals surface area contributed by atoms with Gasteiger partial charge in [0, 0.05) is 6.54 Å². The molecule has 0 aliphatic rings. The van der Waals surface area contributed by atoms with Gasteiger partial charge in [-0.1, -0.05) is 17.7 Å². The molecule has 0 spiro atoms. The second kappa shape index (κ2) is 5.54. The Balaban J connectivity index is 3.25. The van der Waals surface area contributed by atoms with E-state index in [9.17, 15) is 9.59 Å². The van der Waals surface area contributed by atoms with Gasteiger partial charge in [-0.15, -0.1) is 0 Å². The van der Waals surface area contributed by atoms with Gasteiger partial charge in [0.2, 0.25) is 5.91 Å². The Morgan fingerprint density at radius 1 is 1.47 bits per heavy atom. The highest BCUT2D eigenvalue weighted by Gasteiger charge is 2.19. The van der Waals surface area contributed by atoms with Gasteiger partial charge in [-0.25, -0.2) is 4.79 Å². The number of nitrogens with zero attached hydrogens (tertiary/aromatic N) is 1. The van der Waals surface area contributed by atoms with Crippen molar-refractivity contribution in [1.29, 1.82) is 0 Å². The van der Waals surface area contributed by atoms with E-state index in [4.69, 9.17) is 22.4 Å². The average Bonchev–Trinajstić information content (AvgIpc) is 2.25. The molecule has 0 aliphatic carbocycles. The fourth-order valence-electron chi connectivity index (χ4n) is 1.55. The number of aromatic carboxylic acids is 1. The molecule has 1 rings (SSSR count). The predicted molar refractivity (Wildman–Crippen MR) is 65.5 cm³/mol. The van der Waals surface area contributed by atoms with Gasteiger partial charge in [0.25, 0.3) is 0 Å². The molecule has 0 bridgehead atoms. The number of anilines is 1. The molecular formula is C11H13ClN2O3. The zero-order valence-electron chi connectivity index (χ0n) is 9.31. The summed E-state index contributed by atoms with van der Waals surface area (Å²) in [6.45, 7) is 2.16. The van der Waals surface area contributed by atoms with Crippen LogP contribution >= 0.6 is 11.6 Å². The summed E-state index contributed by atoms with van der Waals surface area (Å²) in [4.78, 5) is 23.5. The highest BCUT2D eigenvalue weighted by atomic mass is 35.5. The van der Waals surface area contributed by atoms with Crippen LogP contribution in [-0.4, -0.2) is 30.1 Å². The van der Waals surface area contributed by atoms with E-state index < -0.39 is 11.9 Å². The van der Waals surface area contributed by atoms with Crippen LogP contribution in [-0.2, 0) is 4.79 Å². The number of carbonyl (C=O) groups is 2. The fourth-order valence-corrected chi connectivity index (χ4v) is 1.84. The third-order valence-electron chi connectivity index (χ3n) is 2.26. The molecule has 17 heavy (non-hydrogen) atoms. The maximum atomic E-state index is 11.1. The third kappa shape index (κ3) is 3.10. The second-order valence-corrected chi connectivity index (χ2v) is 3.83. The van der Waals surface area contributed by atoms with Crippen LogP contribution in [0, 0.1) is 0 Å². The smallest absolute Gasteiger partial charge is 0.337 e. The van der Waals surface area contributed by atoms with Crippen molar-refractivity contribution in [2.75, 3.05) is 18.0 Å². The number of primary amides is 1. The second-order valence-electron chi connectivity index (χ2n) is 3.42. The van der Waals surface area contributed by atoms with Crippen LogP contribution in [0.25, 0.3) is 0 Å². The number of hydrogen-bond donors (Lipinski definition) is 2. The number of amides is 1. The summed E-state index contributed by atoms with van der Waals surface area (Å²) in [7, 11) is 0. The zero-order chi connectivity index (χ0) is 13.0. The van der Waals surface area contributed by atoms with Crippen molar-refractivity contribution in [2.45, 2.75) is 6.92 Å². The molecular weight excluding hydrogens is 244 g/mol. The van der Waals surface area contributed by atoms with Crippen LogP contribution in [0.4, 0.5) is 5.69 Å². The molecule has 0 fully saturated rings. The van der Waals surface area contributed by atoms with E-state index >= 15 is 0 Å². The molecule has 0 aliphatic heterocycles. The molecule has 6 heteroatoms. The van der Waals surface area contributed by atoms with Gasteiger partial charge < -0.3 is 15.7 Å². The number of nitrogens with two attached hydrogens (primary N) is 1. The van der Waals surface area contributed by atoms with E-state index in [0.29, 0.717) is 12.2 Å². The van der Waals surface area contributed by atoms with Crippen molar-refractivity contribution in [3.05, 3.63) is 28.8 Å². The Morgan fingerprint density at radius 3 is 2.59 bits per heavy atom. The Hall–Kier alpha value is -1.75. The van der Waals surface area contributed by atoms with Crippen molar-refractivity contribution in [3.8, 4) is 0 Å². The normalized spacial score (nSPS) is 10.0. The van der Waals surface area contributed by atoms with Crippen LogP contribution in [0.1, 0.15) is 17.3 Å². The number of carbonyl (C=O) groups excluding carboxylic acids is 1. The highest BCUT2D eigenvalue weighted by Crippen LogP contribution is 2.29. The molecule has 0 heterocycles. The molecule has 92 valence electrons. The lowest BCUT2D eigenvalue weighted by molar-refractivity contribution is -0.116. The number of rotatable bonds is 5. The van der Waals surface area contributed by atoms with E-state index in [1.165, 1.54) is 11.0 Å². The maximum Gasteiger partial charge on any atom is 0.337 e. The molecule has 1 amide bonds. The first kappa shape index (κ1) is 13.3. The molecule has 1 aromatic carbocycles. The standard InChI is InChI=1S/C11H13ClN2O3/c1-2-14(6-9(13)15)10-7(11(16)17)4-3-5-8(10)12/h3-5H,2,6H2,1H3,(H2,13,15)(H,16,17). The summed E-state index contributed by atoms with van der Waals surface area (Å²) in [5.41, 5.74) is 5.49. The van der Waals surface area contributed by atoms with E-state index in [1.807, 2.05) is 0 Å². The topological polar surface area (TPSA) is 83.6 Å². The third-order valence-corrected chi connectivity index (χ3v) is 2.57. The summed E-state index contributed by atoms with van der Waals surface area (Å²) >= 11 is 5.97. The lowest BCUT2D eigenvalue weighted by Gasteiger charge is -2.24. The Bertz CT molecular complexity index is 448. The molecule has 0 unspecified atom stereocenters. The Morgan fingerprint density at radius 2 is 2.12 bits per heavy atom. The van der Waals surface area contributed by atoms with Gasteiger partial charge >= 0.3 is 5.97 Å². The summed E-state index contributed by atoms with van der Waals surface area (Å²) in [5, 5.41) is 9.35. The minimum atomic E-state index is -1.09. The zero-order valence-corrected chi connectivity index (χ0v) is 10.1. The van der Waals surface area contributed by atoms with Crippen molar-refractivity contribution in [2.24, 2.45) is 5.73 Å². The van der Waals surface area contributed by atoms with Crippen molar-refractivity contribution in [1.82, 2.24) is 0 Å². The largest absolute Gasteiger partial charge is 0.478 e. The molecule has 0 radical (unpaired) electrons. The van der Waals surface area contributed by atoms with E-state index in [1.54, 1.807) is 19.1 Å². The van der Waals surface area contributed by atoms with Gasteiger partial charge in [-0.2, -0.15) is 0 Å². The van der Waals surface area contributed by atoms with Gasteiger partial charge in [-0.3, -0.25) is 4.79 Å². The SMILES string of the molecule is CCN(CC(N)=O)c1c(Cl)cccc1C(=O)O. The summed E-state index contributed by atoms with van der Waals surface area (Å²) in [5.74, 6) is -1.63. The lowest BCUT2D eigenvalue weighted by Crippen LogP contribution is -2.34. The van der Waals surface area contributed by atoms with Crippen LogP contribution in [0.3, 0.4) is 0 Å². The number of carboxylic acid groups (broad SMARTS) is 1. The van der Waals surface area contributed by atoms with Gasteiger partial charge in [0.1, 0.15) is 0 Å².